The van der Waals surface area contributed by atoms with E-state index in [0.29, 0.717) is 26.5 Å². The fourth-order valence-corrected chi connectivity index (χ4v) is 5.34. The van der Waals surface area contributed by atoms with Crippen molar-refractivity contribution in [1.29, 1.82) is 0 Å². The van der Waals surface area contributed by atoms with Crippen LogP contribution in [0.2, 0.25) is 10.0 Å². The number of aliphatic imine (C=N–C) groups is 1. The summed E-state index contributed by atoms with van der Waals surface area (Å²) in [6.07, 6.45) is 0.606. The highest BCUT2D eigenvalue weighted by atomic mass is 35.5. The molecule has 144 valence electrons. The molecule has 2 aliphatic heterocycles. The molecule has 0 fully saturated rings. The van der Waals surface area contributed by atoms with Crippen LogP contribution in [0.25, 0.3) is 0 Å². The first-order valence-electron chi connectivity index (χ1n) is 8.90. The Balaban J connectivity index is 1.90. The number of halogens is 2. The van der Waals surface area contributed by atoms with Crippen LogP contribution in [0.4, 0.5) is 0 Å². The normalized spacial score (nSPS) is 23.8. The zero-order chi connectivity index (χ0) is 20.1. The molecule has 1 N–H and O–H groups in total. The van der Waals surface area contributed by atoms with Gasteiger partial charge in [-0.2, -0.15) is 0 Å². The minimum absolute atomic E-state index is 0.180. The van der Waals surface area contributed by atoms with Gasteiger partial charge in [-0.15, -0.1) is 0 Å². The van der Waals surface area contributed by atoms with Gasteiger partial charge in [-0.05, 0) is 60.5 Å². The van der Waals surface area contributed by atoms with Crippen molar-refractivity contribution in [2.75, 3.05) is 0 Å². The van der Waals surface area contributed by atoms with Crippen LogP contribution in [0.3, 0.4) is 0 Å². The Kier molecular flexibility index (Phi) is 4.94. The summed E-state index contributed by atoms with van der Waals surface area (Å²) in [5.74, 6) is -0.915. The molecule has 0 saturated carbocycles. The summed E-state index contributed by atoms with van der Waals surface area (Å²) < 4.78 is 0. The molecule has 0 aliphatic carbocycles. The van der Waals surface area contributed by atoms with Crippen LogP contribution in [0, 0.1) is 0 Å². The van der Waals surface area contributed by atoms with Gasteiger partial charge >= 0.3 is 5.97 Å². The lowest BCUT2D eigenvalue weighted by Gasteiger charge is -2.36. The molecular formula is C21H18Cl2N2O2S. The number of carboxylic acid groups (broad SMARTS) is 1. The molecule has 4 nitrogen and oxygen atoms in total. The summed E-state index contributed by atoms with van der Waals surface area (Å²) in [7, 11) is 0. The van der Waals surface area contributed by atoms with Gasteiger partial charge in [0, 0.05) is 15.7 Å². The number of allylic oxidation sites excluding steroid dienone is 1. The summed E-state index contributed by atoms with van der Waals surface area (Å²) in [4.78, 5) is 19.2. The lowest BCUT2D eigenvalue weighted by atomic mass is 9.81. The summed E-state index contributed by atoms with van der Waals surface area (Å²) in [6.45, 7) is 4.05. The lowest BCUT2D eigenvalue weighted by Crippen LogP contribution is -2.34. The van der Waals surface area contributed by atoms with E-state index in [9.17, 15) is 9.90 Å². The smallest absolute Gasteiger partial charge is 0.344 e. The first-order valence-corrected chi connectivity index (χ1v) is 10.5. The van der Waals surface area contributed by atoms with Gasteiger partial charge in [-0.3, -0.25) is 0 Å². The van der Waals surface area contributed by atoms with Crippen molar-refractivity contribution in [2.45, 2.75) is 31.8 Å². The van der Waals surface area contributed by atoms with Gasteiger partial charge in [-0.1, -0.05) is 54.4 Å². The fourth-order valence-electron chi connectivity index (χ4n) is 3.90. The van der Waals surface area contributed by atoms with E-state index in [2.05, 4.69) is 11.8 Å². The van der Waals surface area contributed by atoms with Crippen molar-refractivity contribution >= 4 is 46.1 Å². The summed E-state index contributed by atoms with van der Waals surface area (Å²) in [5.41, 5.74) is 2.24. The number of aliphatic carboxylic acids is 1. The minimum Gasteiger partial charge on any atom is -0.477 e. The van der Waals surface area contributed by atoms with Gasteiger partial charge in [0.1, 0.15) is 10.4 Å². The van der Waals surface area contributed by atoms with E-state index in [1.807, 2.05) is 55.5 Å². The Hall–Kier alpha value is -1.95. The molecule has 0 bridgehead atoms. The Morgan fingerprint density at radius 1 is 1.14 bits per heavy atom. The number of hydrogen-bond donors (Lipinski definition) is 1. The average molecular weight is 433 g/mol. The second-order valence-corrected chi connectivity index (χ2v) is 8.76. The van der Waals surface area contributed by atoms with E-state index < -0.39 is 11.5 Å². The van der Waals surface area contributed by atoms with Crippen molar-refractivity contribution in [3.8, 4) is 0 Å². The third-order valence-corrected chi connectivity index (χ3v) is 6.80. The van der Waals surface area contributed by atoms with Crippen LogP contribution < -0.4 is 0 Å². The molecule has 2 aliphatic rings. The molecule has 2 heterocycles. The highest BCUT2D eigenvalue weighted by Crippen LogP contribution is 2.55. The summed E-state index contributed by atoms with van der Waals surface area (Å²) in [6, 6.07) is 15.2. The first kappa shape index (κ1) is 19.4. The summed E-state index contributed by atoms with van der Waals surface area (Å²) in [5, 5.41) is 11.7. The van der Waals surface area contributed by atoms with Crippen LogP contribution >= 0.6 is 35.0 Å². The molecule has 0 saturated heterocycles. The highest BCUT2D eigenvalue weighted by Gasteiger charge is 2.52. The van der Waals surface area contributed by atoms with Gasteiger partial charge in [0.2, 0.25) is 0 Å². The van der Waals surface area contributed by atoms with E-state index in [1.165, 1.54) is 11.8 Å². The van der Waals surface area contributed by atoms with Gasteiger partial charge in [-0.25, -0.2) is 9.79 Å². The van der Waals surface area contributed by atoms with Crippen LogP contribution in [0.5, 0.6) is 0 Å². The van der Waals surface area contributed by atoms with Crippen molar-refractivity contribution in [1.82, 2.24) is 4.90 Å². The number of rotatable bonds is 4. The average Bonchev–Trinajstić information content (AvgIpc) is 3.15. The Bertz CT molecular complexity index is 1000. The molecule has 0 amide bonds. The van der Waals surface area contributed by atoms with Gasteiger partial charge in [0.15, 0.2) is 5.17 Å². The quantitative estimate of drug-likeness (QED) is 0.636. The van der Waals surface area contributed by atoms with Gasteiger partial charge in [0.25, 0.3) is 0 Å². The van der Waals surface area contributed by atoms with Crippen LogP contribution in [0.15, 0.2) is 64.1 Å². The topological polar surface area (TPSA) is 52.9 Å². The standard InChI is InChI=1S/C21H18Cl2N2O2S/c1-3-16-17(19(26)27)28-20-24-21(2,13-6-10-15(23)11-7-13)18(25(16)20)12-4-8-14(22)9-5-12/h4-11,18H,3H2,1-2H3,(H,26,27)/t18-,21+/m1/s1. The first-order chi connectivity index (χ1) is 13.3. The number of carboxylic acids is 1. The van der Waals surface area contributed by atoms with Crippen LogP contribution in [-0.4, -0.2) is 21.1 Å². The minimum atomic E-state index is -0.915. The second kappa shape index (κ2) is 7.14. The highest BCUT2D eigenvalue weighted by molar-refractivity contribution is 8.18. The van der Waals surface area contributed by atoms with Gasteiger partial charge in [0.05, 0.1) is 6.04 Å². The Morgan fingerprint density at radius 2 is 1.71 bits per heavy atom. The van der Waals surface area contributed by atoms with E-state index >= 15 is 0 Å². The maximum Gasteiger partial charge on any atom is 0.344 e. The van der Waals surface area contributed by atoms with Crippen molar-refractivity contribution in [3.63, 3.8) is 0 Å². The largest absolute Gasteiger partial charge is 0.477 e. The molecule has 2 atom stereocenters. The number of nitrogens with zero attached hydrogens (tertiary/aromatic N) is 2. The number of carbonyl (C=O) groups is 1. The maximum atomic E-state index is 11.8. The van der Waals surface area contributed by atoms with Crippen LogP contribution in [-0.2, 0) is 10.3 Å². The molecule has 2 aromatic rings. The van der Waals surface area contributed by atoms with Crippen molar-refractivity contribution < 1.29 is 9.90 Å². The second-order valence-electron chi connectivity index (χ2n) is 6.91. The molecule has 28 heavy (non-hydrogen) atoms. The van der Waals surface area contributed by atoms with Crippen molar-refractivity contribution in [3.05, 3.63) is 80.3 Å². The zero-order valence-electron chi connectivity index (χ0n) is 15.3. The number of fused-ring (bicyclic) bond motifs is 1. The number of amidine groups is 1. The van der Waals surface area contributed by atoms with Crippen molar-refractivity contribution in [2.24, 2.45) is 4.99 Å². The molecule has 0 unspecified atom stereocenters. The predicted octanol–water partition coefficient (Wildman–Crippen LogP) is 6.07. The molecule has 2 aromatic carbocycles. The summed E-state index contributed by atoms with van der Waals surface area (Å²) >= 11 is 13.4. The molecule has 4 rings (SSSR count). The van der Waals surface area contributed by atoms with Crippen LogP contribution in [0.1, 0.15) is 37.4 Å². The predicted molar refractivity (Wildman–Crippen MR) is 115 cm³/mol. The number of benzene rings is 2. The fraction of sp³-hybridized carbons (Fsp3) is 0.238. The molecular weight excluding hydrogens is 415 g/mol. The van der Waals surface area contributed by atoms with E-state index in [0.717, 1.165) is 16.8 Å². The Morgan fingerprint density at radius 3 is 2.25 bits per heavy atom. The van der Waals surface area contributed by atoms with Gasteiger partial charge < -0.3 is 10.0 Å². The third kappa shape index (κ3) is 3.02. The SMILES string of the molecule is CCC1=C(C(=O)O)SC2=N[C@@](C)(c3ccc(Cl)cc3)[C@@H](c3ccc(Cl)cc3)N21. The van der Waals surface area contributed by atoms with E-state index in [4.69, 9.17) is 28.2 Å². The Labute approximate surface area is 177 Å². The molecule has 0 spiro atoms. The molecule has 0 radical (unpaired) electrons. The zero-order valence-corrected chi connectivity index (χ0v) is 17.6. The lowest BCUT2D eigenvalue weighted by molar-refractivity contribution is -0.131. The maximum absolute atomic E-state index is 11.8. The number of thioether (sulfide) groups is 1. The van der Waals surface area contributed by atoms with E-state index in [1.54, 1.807) is 0 Å². The third-order valence-electron chi connectivity index (χ3n) is 5.21. The number of hydrogen-bond acceptors (Lipinski definition) is 4. The van der Waals surface area contributed by atoms with E-state index in [-0.39, 0.29) is 6.04 Å². The molecule has 0 aromatic heterocycles. The monoisotopic (exact) mass is 432 g/mol. The molecule has 7 heteroatoms.